The monoisotopic (exact) mass is 208 g/mol. The van der Waals surface area contributed by atoms with Gasteiger partial charge >= 0.3 is 5.97 Å². The Bertz CT molecular complexity index is 445. The van der Waals surface area contributed by atoms with Crippen molar-refractivity contribution in [2.45, 2.75) is 6.42 Å². The van der Waals surface area contributed by atoms with Crippen molar-refractivity contribution in [3.63, 3.8) is 0 Å². The second-order valence-electron chi connectivity index (χ2n) is 2.60. The van der Waals surface area contributed by atoms with Crippen LogP contribution in [0.5, 0.6) is 0 Å². The summed E-state index contributed by atoms with van der Waals surface area (Å²) in [5, 5.41) is 8.61. The molecule has 1 aromatic rings. The molecule has 72 valence electrons. The lowest BCUT2D eigenvalue weighted by Crippen LogP contribution is -2.06. The van der Waals surface area contributed by atoms with E-state index in [0.29, 0.717) is 15.8 Å². The van der Waals surface area contributed by atoms with Crippen molar-refractivity contribution in [3.05, 3.63) is 28.0 Å². The summed E-state index contributed by atoms with van der Waals surface area (Å²) in [5.41, 5.74) is 1.04. The fourth-order valence-electron chi connectivity index (χ4n) is 0.931. The number of methoxy groups -OCH3 is 1. The van der Waals surface area contributed by atoms with Crippen LogP contribution in [0.1, 0.15) is 11.3 Å². The van der Waals surface area contributed by atoms with E-state index in [4.69, 9.17) is 17.5 Å². The molecule has 0 saturated carbocycles. The lowest BCUT2D eigenvalue weighted by molar-refractivity contribution is -0.139. The second kappa shape index (κ2) is 4.53. The summed E-state index contributed by atoms with van der Waals surface area (Å²) in [7, 11) is 1.32. The summed E-state index contributed by atoms with van der Waals surface area (Å²) in [6.07, 6.45) is 1.62. The first-order chi connectivity index (χ1) is 6.67. The van der Waals surface area contributed by atoms with Gasteiger partial charge in [-0.1, -0.05) is 12.2 Å². The summed E-state index contributed by atoms with van der Waals surface area (Å²) >= 11 is 4.93. The van der Waals surface area contributed by atoms with E-state index in [9.17, 15) is 4.79 Å². The largest absolute Gasteiger partial charge is 0.469 e. The Kier molecular flexibility index (Phi) is 3.37. The van der Waals surface area contributed by atoms with E-state index in [1.165, 1.54) is 13.3 Å². The molecule has 0 saturated heterocycles. The number of nitrogens with zero attached hydrogens (tertiary/aromatic N) is 1. The fourth-order valence-corrected chi connectivity index (χ4v) is 1.18. The van der Waals surface area contributed by atoms with E-state index in [-0.39, 0.29) is 12.4 Å². The molecule has 0 unspecified atom stereocenters. The number of aromatic amines is 1. The Morgan fingerprint density at radius 2 is 2.50 bits per heavy atom. The van der Waals surface area contributed by atoms with Gasteiger partial charge in [0.25, 0.3) is 0 Å². The molecular weight excluding hydrogens is 200 g/mol. The lowest BCUT2D eigenvalue weighted by atomic mass is 10.2. The highest BCUT2D eigenvalue weighted by atomic mass is 32.1. The molecule has 0 bridgehead atoms. The molecule has 0 spiro atoms. The van der Waals surface area contributed by atoms with Gasteiger partial charge in [0.2, 0.25) is 0 Å². The maximum absolute atomic E-state index is 10.9. The minimum atomic E-state index is -0.347. The van der Waals surface area contributed by atoms with Gasteiger partial charge in [-0.25, -0.2) is 0 Å². The zero-order valence-electron chi connectivity index (χ0n) is 7.53. The molecule has 1 heterocycles. The number of hydrogen-bond donors (Lipinski definition) is 1. The Hall–Kier alpha value is -1.67. The Balaban J connectivity index is 2.94. The highest BCUT2D eigenvalue weighted by Crippen LogP contribution is 2.03. The van der Waals surface area contributed by atoms with Crippen LogP contribution >= 0.6 is 12.2 Å². The van der Waals surface area contributed by atoms with Crippen LogP contribution in [0.25, 0.3) is 0 Å². The number of H-pyrrole nitrogens is 1. The molecular formula is C9H8N2O2S. The Labute approximate surface area is 86.1 Å². The normalized spacial score (nSPS) is 9.14. The molecule has 1 N–H and O–H groups in total. The number of carbonyl (C=O) groups excluding carboxylic acids is 1. The summed E-state index contributed by atoms with van der Waals surface area (Å²) in [6, 6.07) is 3.53. The number of rotatable bonds is 2. The van der Waals surface area contributed by atoms with Crippen molar-refractivity contribution in [2.24, 2.45) is 0 Å². The van der Waals surface area contributed by atoms with Crippen LogP contribution < -0.4 is 0 Å². The van der Waals surface area contributed by atoms with Crippen LogP contribution in [0.15, 0.2) is 12.3 Å². The van der Waals surface area contributed by atoms with E-state index in [0.717, 1.165) is 0 Å². The van der Waals surface area contributed by atoms with Crippen LogP contribution in [0, 0.1) is 15.8 Å². The predicted molar refractivity (Wildman–Crippen MR) is 52.1 cm³/mol. The SMILES string of the molecule is COC(=O)Cc1cc(=S)c(C#N)c[nH]1. The fraction of sp³-hybridized carbons (Fsp3) is 0.222. The molecule has 0 amide bonds. The van der Waals surface area contributed by atoms with Crippen LogP contribution in [0.2, 0.25) is 0 Å². The second-order valence-corrected chi connectivity index (χ2v) is 3.04. The van der Waals surface area contributed by atoms with Gasteiger partial charge in [0.15, 0.2) is 0 Å². The van der Waals surface area contributed by atoms with E-state index in [1.807, 2.05) is 6.07 Å². The Morgan fingerprint density at radius 3 is 3.00 bits per heavy atom. The quantitative estimate of drug-likeness (QED) is 0.588. The van der Waals surface area contributed by atoms with E-state index >= 15 is 0 Å². The predicted octanol–water partition coefficient (Wildman–Crippen LogP) is 1.33. The maximum Gasteiger partial charge on any atom is 0.311 e. The average Bonchev–Trinajstić information content (AvgIpc) is 2.18. The molecule has 4 nitrogen and oxygen atoms in total. The van der Waals surface area contributed by atoms with Gasteiger partial charge in [-0.15, -0.1) is 0 Å². The molecule has 0 aliphatic rings. The van der Waals surface area contributed by atoms with Crippen molar-refractivity contribution in [3.8, 4) is 6.07 Å². The van der Waals surface area contributed by atoms with Gasteiger partial charge in [-0.3, -0.25) is 4.79 Å². The molecule has 1 aromatic heterocycles. The van der Waals surface area contributed by atoms with E-state index < -0.39 is 0 Å². The zero-order chi connectivity index (χ0) is 10.6. The number of nitrogens with one attached hydrogen (secondary N) is 1. The molecule has 0 fully saturated rings. The third-order valence-electron chi connectivity index (χ3n) is 1.66. The minimum absolute atomic E-state index is 0.131. The summed E-state index contributed by atoms with van der Waals surface area (Å²) in [5.74, 6) is -0.347. The number of esters is 1. The van der Waals surface area contributed by atoms with E-state index in [1.54, 1.807) is 6.07 Å². The number of aromatic nitrogens is 1. The van der Waals surface area contributed by atoms with Crippen molar-refractivity contribution >= 4 is 18.2 Å². The highest BCUT2D eigenvalue weighted by Gasteiger charge is 2.03. The Morgan fingerprint density at radius 1 is 1.79 bits per heavy atom. The number of ether oxygens (including phenoxy) is 1. The van der Waals surface area contributed by atoms with Gasteiger partial charge in [-0.2, -0.15) is 5.26 Å². The first-order valence-electron chi connectivity index (χ1n) is 3.86. The molecule has 0 radical (unpaired) electrons. The summed E-state index contributed by atoms with van der Waals surface area (Å²) in [6.45, 7) is 0. The van der Waals surface area contributed by atoms with E-state index in [2.05, 4.69) is 9.72 Å². The zero-order valence-corrected chi connectivity index (χ0v) is 8.35. The lowest BCUT2D eigenvalue weighted by Gasteiger charge is -2.00. The van der Waals surface area contributed by atoms with Crippen LogP contribution in [-0.2, 0) is 16.0 Å². The summed E-state index contributed by atoms with van der Waals surface area (Å²) < 4.78 is 4.93. The molecule has 1 rings (SSSR count). The standard InChI is InChI=1S/C9H8N2O2S/c1-13-9(12)3-7-2-8(14)6(4-10)5-11-7/h2,5H,3H2,1H3,(H,11,14). The topological polar surface area (TPSA) is 65.9 Å². The van der Waals surface area contributed by atoms with Crippen molar-refractivity contribution in [1.82, 2.24) is 4.98 Å². The van der Waals surface area contributed by atoms with Crippen molar-refractivity contribution < 1.29 is 9.53 Å². The molecule has 14 heavy (non-hydrogen) atoms. The van der Waals surface area contributed by atoms with Crippen molar-refractivity contribution in [2.75, 3.05) is 7.11 Å². The number of hydrogen-bond acceptors (Lipinski definition) is 4. The van der Waals surface area contributed by atoms with Gasteiger partial charge in [-0.05, 0) is 6.07 Å². The van der Waals surface area contributed by atoms with Crippen molar-refractivity contribution in [1.29, 1.82) is 5.26 Å². The van der Waals surface area contributed by atoms with Crippen LogP contribution in [0.4, 0.5) is 0 Å². The van der Waals surface area contributed by atoms with Gasteiger partial charge in [0.05, 0.1) is 23.6 Å². The molecule has 0 aromatic carbocycles. The maximum atomic E-state index is 10.9. The third kappa shape index (κ3) is 2.41. The third-order valence-corrected chi connectivity index (χ3v) is 1.99. The molecule has 5 heteroatoms. The molecule has 0 aliphatic heterocycles. The molecule has 0 aliphatic carbocycles. The number of carbonyl (C=O) groups is 1. The minimum Gasteiger partial charge on any atom is -0.469 e. The van der Waals surface area contributed by atoms with Gasteiger partial charge in [0, 0.05) is 11.9 Å². The average molecular weight is 208 g/mol. The smallest absolute Gasteiger partial charge is 0.311 e. The van der Waals surface area contributed by atoms with Gasteiger partial charge < -0.3 is 9.72 Å². The van der Waals surface area contributed by atoms with Gasteiger partial charge in [0.1, 0.15) is 6.07 Å². The first-order valence-corrected chi connectivity index (χ1v) is 4.26. The van der Waals surface area contributed by atoms with Crippen LogP contribution in [0.3, 0.4) is 0 Å². The molecule has 0 atom stereocenters. The number of pyridine rings is 1. The highest BCUT2D eigenvalue weighted by molar-refractivity contribution is 7.71. The first kappa shape index (κ1) is 10.4. The summed E-state index contributed by atoms with van der Waals surface area (Å²) in [4.78, 5) is 13.7. The van der Waals surface area contributed by atoms with Crippen LogP contribution in [-0.4, -0.2) is 18.1 Å². The number of nitriles is 1.